The van der Waals surface area contributed by atoms with Crippen molar-refractivity contribution in [2.45, 2.75) is 25.7 Å². The molecular formula is C30H38N4S2. The van der Waals surface area contributed by atoms with Crippen molar-refractivity contribution in [1.82, 2.24) is 0 Å². The smallest absolute Gasteiger partial charge is 0.0860 e. The molecule has 0 radical (unpaired) electrons. The van der Waals surface area contributed by atoms with Crippen LogP contribution in [0.5, 0.6) is 0 Å². The number of nitrogens with two attached hydrogens (primary N) is 2. The molecule has 0 saturated carbocycles. The minimum absolute atomic E-state index is 0.890. The maximum absolute atomic E-state index is 5.21. The quantitative estimate of drug-likeness (QED) is 0.133. The van der Waals surface area contributed by atoms with E-state index in [9.17, 15) is 0 Å². The highest BCUT2D eigenvalue weighted by molar-refractivity contribution is 7.98. The summed E-state index contributed by atoms with van der Waals surface area (Å²) in [6.07, 6.45) is 12.7. The Morgan fingerprint density at radius 2 is 0.944 bits per heavy atom. The van der Waals surface area contributed by atoms with Gasteiger partial charge in [-0.05, 0) is 82.7 Å². The third-order valence-electron chi connectivity index (χ3n) is 5.36. The number of aliphatic imine (C=N–C) groups is 2. The van der Waals surface area contributed by atoms with Crippen LogP contribution >= 0.6 is 23.5 Å². The molecular weight excluding hydrogens is 480 g/mol. The molecule has 0 amide bonds. The Labute approximate surface area is 224 Å². The zero-order valence-electron chi connectivity index (χ0n) is 21.3. The normalized spacial score (nSPS) is 10.8. The number of hydrogen-bond donors (Lipinski definition) is 2. The standard InChI is InChI=1S/2C11H10N2.C8H18S2/c2*12-8-13-11-6-5-9-3-1-2-4-10(9)7-11;1-9-7-5-3-4-6-8-10-2/h2*1-8H,(H2,12,13);3-8H2,1-2H3. The molecule has 6 heteroatoms. The first-order valence-corrected chi connectivity index (χ1v) is 14.9. The lowest BCUT2D eigenvalue weighted by Gasteiger charge is -1.97. The van der Waals surface area contributed by atoms with Gasteiger partial charge in [-0.2, -0.15) is 23.5 Å². The van der Waals surface area contributed by atoms with E-state index in [1.807, 2.05) is 84.2 Å². The molecule has 0 atom stereocenters. The Morgan fingerprint density at radius 1 is 0.556 bits per heavy atom. The van der Waals surface area contributed by atoms with E-state index in [4.69, 9.17) is 11.5 Å². The predicted octanol–water partition coefficient (Wildman–Crippen LogP) is 8.19. The third kappa shape index (κ3) is 11.2. The van der Waals surface area contributed by atoms with Gasteiger partial charge in [-0.25, -0.2) is 9.98 Å². The minimum atomic E-state index is 0.890. The summed E-state index contributed by atoms with van der Waals surface area (Å²) in [5.74, 6) is 2.69. The van der Waals surface area contributed by atoms with E-state index in [1.165, 1.54) is 71.4 Å². The molecule has 0 fully saturated rings. The van der Waals surface area contributed by atoms with Crippen LogP contribution in [-0.4, -0.2) is 36.7 Å². The van der Waals surface area contributed by atoms with E-state index >= 15 is 0 Å². The molecule has 0 saturated heterocycles. The van der Waals surface area contributed by atoms with Crippen LogP contribution in [0, 0.1) is 0 Å². The van der Waals surface area contributed by atoms with Crippen LogP contribution in [0.4, 0.5) is 11.4 Å². The maximum atomic E-state index is 5.21. The summed E-state index contributed by atoms with van der Waals surface area (Å²) in [6.45, 7) is 0. The van der Waals surface area contributed by atoms with Crippen molar-refractivity contribution in [2.24, 2.45) is 21.5 Å². The fourth-order valence-corrected chi connectivity index (χ4v) is 4.52. The summed E-state index contributed by atoms with van der Waals surface area (Å²) in [7, 11) is 0. The van der Waals surface area contributed by atoms with Gasteiger partial charge in [0.05, 0.1) is 24.1 Å². The number of nitrogens with zero attached hydrogens (tertiary/aromatic N) is 2. The number of rotatable bonds is 9. The lowest BCUT2D eigenvalue weighted by atomic mass is 10.1. The Hall–Kier alpha value is -2.96. The molecule has 190 valence electrons. The molecule has 0 spiro atoms. The highest BCUT2D eigenvalue weighted by Gasteiger charge is 1.93. The van der Waals surface area contributed by atoms with Crippen molar-refractivity contribution in [3.63, 3.8) is 0 Å². The van der Waals surface area contributed by atoms with Gasteiger partial charge in [-0.3, -0.25) is 0 Å². The summed E-state index contributed by atoms with van der Waals surface area (Å²) in [6, 6.07) is 28.3. The molecule has 0 bridgehead atoms. The summed E-state index contributed by atoms with van der Waals surface area (Å²) in [5, 5.41) is 4.81. The lowest BCUT2D eigenvalue weighted by Crippen LogP contribution is -1.86. The average molecular weight is 519 g/mol. The summed E-state index contributed by atoms with van der Waals surface area (Å²) >= 11 is 3.92. The first-order valence-electron chi connectivity index (χ1n) is 12.2. The Balaban J connectivity index is 0.000000193. The van der Waals surface area contributed by atoms with Gasteiger partial charge >= 0.3 is 0 Å². The molecule has 0 unspecified atom stereocenters. The molecule has 0 aliphatic carbocycles. The molecule has 36 heavy (non-hydrogen) atoms. The second-order valence-electron chi connectivity index (χ2n) is 8.02. The van der Waals surface area contributed by atoms with Crippen LogP contribution in [-0.2, 0) is 0 Å². The second-order valence-corrected chi connectivity index (χ2v) is 9.99. The van der Waals surface area contributed by atoms with Gasteiger partial charge in [0.2, 0.25) is 0 Å². The Morgan fingerprint density at radius 3 is 1.31 bits per heavy atom. The molecule has 4 aromatic carbocycles. The minimum Gasteiger partial charge on any atom is -0.390 e. The molecule has 4 N–H and O–H groups in total. The average Bonchev–Trinajstić information content (AvgIpc) is 2.92. The van der Waals surface area contributed by atoms with Gasteiger partial charge < -0.3 is 11.5 Å². The topological polar surface area (TPSA) is 76.8 Å². The van der Waals surface area contributed by atoms with Crippen LogP contribution in [0.15, 0.2) is 94.9 Å². The number of fused-ring (bicyclic) bond motifs is 2. The van der Waals surface area contributed by atoms with Crippen LogP contribution < -0.4 is 11.5 Å². The van der Waals surface area contributed by atoms with Crippen LogP contribution in [0.1, 0.15) is 25.7 Å². The van der Waals surface area contributed by atoms with Crippen molar-refractivity contribution >= 4 is 69.1 Å². The van der Waals surface area contributed by atoms with Gasteiger partial charge in [0.25, 0.3) is 0 Å². The Bertz CT molecular complexity index is 1110. The number of thioether (sulfide) groups is 2. The fraction of sp³-hybridized carbons (Fsp3) is 0.267. The number of unbranched alkanes of at least 4 members (excludes halogenated alkanes) is 3. The van der Waals surface area contributed by atoms with Gasteiger partial charge in [-0.15, -0.1) is 0 Å². The zero-order chi connectivity index (χ0) is 25.8. The van der Waals surface area contributed by atoms with Crippen LogP contribution in [0.25, 0.3) is 21.5 Å². The lowest BCUT2D eigenvalue weighted by molar-refractivity contribution is 0.711. The van der Waals surface area contributed by atoms with E-state index in [0.717, 1.165) is 11.4 Å². The van der Waals surface area contributed by atoms with Crippen molar-refractivity contribution in [3.8, 4) is 0 Å². The van der Waals surface area contributed by atoms with Gasteiger partial charge in [0, 0.05) is 0 Å². The molecule has 0 aliphatic rings. The van der Waals surface area contributed by atoms with E-state index in [2.05, 4.69) is 46.8 Å². The van der Waals surface area contributed by atoms with E-state index < -0.39 is 0 Å². The van der Waals surface area contributed by atoms with Gasteiger partial charge in [0.1, 0.15) is 0 Å². The highest BCUT2D eigenvalue weighted by atomic mass is 32.2. The van der Waals surface area contributed by atoms with Crippen molar-refractivity contribution in [2.75, 3.05) is 24.0 Å². The zero-order valence-corrected chi connectivity index (χ0v) is 23.0. The molecule has 4 aromatic rings. The SMILES string of the molecule is CSCCCCCCSC.NC=Nc1ccc2ccccc2c1.NC=Nc1ccc2ccccc2c1. The van der Waals surface area contributed by atoms with Gasteiger partial charge in [0.15, 0.2) is 0 Å². The van der Waals surface area contributed by atoms with Crippen LogP contribution in [0.2, 0.25) is 0 Å². The maximum Gasteiger partial charge on any atom is 0.0860 e. The largest absolute Gasteiger partial charge is 0.390 e. The summed E-state index contributed by atoms with van der Waals surface area (Å²) < 4.78 is 0. The van der Waals surface area contributed by atoms with Gasteiger partial charge in [-0.1, -0.05) is 73.5 Å². The molecule has 4 rings (SSSR count). The molecule has 4 nitrogen and oxygen atoms in total. The highest BCUT2D eigenvalue weighted by Crippen LogP contribution is 2.21. The third-order valence-corrected chi connectivity index (χ3v) is 6.75. The molecule has 0 aromatic heterocycles. The van der Waals surface area contributed by atoms with E-state index in [0.29, 0.717) is 0 Å². The van der Waals surface area contributed by atoms with Crippen LogP contribution in [0.3, 0.4) is 0 Å². The predicted molar refractivity (Wildman–Crippen MR) is 168 cm³/mol. The van der Waals surface area contributed by atoms with Crippen molar-refractivity contribution < 1.29 is 0 Å². The van der Waals surface area contributed by atoms with Crippen molar-refractivity contribution in [1.29, 1.82) is 0 Å². The fourth-order valence-electron chi connectivity index (χ4n) is 3.53. The van der Waals surface area contributed by atoms with E-state index in [1.54, 1.807) is 0 Å². The Kier molecular flexibility index (Phi) is 14.9. The second kappa shape index (κ2) is 18.3. The molecule has 0 aliphatic heterocycles. The monoisotopic (exact) mass is 518 g/mol. The number of hydrogen-bond acceptors (Lipinski definition) is 4. The van der Waals surface area contributed by atoms with E-state index in [-0.39, 0.29) is 0 Å². The van der Waals surface area contributed by atoms with Crippen molar-refractivity contribution in [3.05, 3.63) is 84.9 Å². The first kappa shape index (κ1) is 29.3. The summed E-state index contributed by atoms with van der Waals surface area (Å²) in [5.41, 5.74) is 12.2. The first-order chi connectivity index (χ1) is 17.7. The molecule has 0 heterocycles. The number of benzene rings is 4. The summed E-state index contributed by atoms with van der Waals surface area (Å²) in [4.78, 5) is 8.02.